The van der Waals surface area contributed by atoms with Crippen LogP contribution in [0.15, 0.2) is 12.1 Å². The summed E-state index contributed by atoms with van der Waals surface area (Å²) < 4.78 is 13.7. The van der Waals surface area contributed by atoms with Crippen LogP contribution in [-0.2, 0) is 0 Å². The predicted octanol–water partition coefficient (Wildman–Crippen LogP) is 3.93. The molecule has 3 atom stereocenters. The van der Waals surface area contributed by atoms with Crippen LogP contribution in [0.5, 0.6) is 0 Å². The molecule has 1 aromatic rings. The second kappa shape index (κ2) is 4.65. The zero-order valence-corrected chi connectivity index (χ0v) is 12.1. The third kappa shape index (κ3) is 1.87. The van der Waals surface area contributed by atoms with Crippen molar-refractivity contribution in [2.75, 3.05) is 7.05 Å². The minimum atomic E-state index is -0.0542. The van der Waals surface area contributed by atoms with Crippen LogP contribution in [0.3, 0.4) is 0 Å². The number of halogens is 1. The van der Waals surface area contributed by atoms with Crippen LogP contribution in [0, 0.1) is 25.1 Å². The molecule has 1 saturated carbocycles. The lowest BCUT2D eigenvalue weighted by Gasteiger charge is -2.54. The van der Waals surface area contributed by atoms with Crippen molar-refractivity contribution < 1.29 is 4.39 Å². The molecule has 18 heavy (non-hydrogen) atoms. The Balaban J connectivity index is 2.34. The number of rotatable bonds is 3. The Hall–Kier alpha value is -0.890. The molecule has 1 nitrogen and oxygen atoms in total. The van der Waals surface area contributed by atoms with E-state index in [4.69, 9.17) is 0 Å². The van der Waals surface area contributed by atoms with Gasteiger partial charge in [-0.05, 0) is 61.8 Å². The lowest BCUT2D eigenvalue weighted by Crippen LogP contribution is -2.55. The summed E-state index contributed by atoms with van der Waals surface area (Å²) in [6.45, 7) is 8.32. The van der Waals surface area contributed by atoms with E-state index in [1.54, 1.807) is 0 Å². The van der Waals surface area contributed by atoms with Crippen LogP contribution in [0.25, 0.3) is 0 Å². The van der Waals surface area contributed by atoms with Gasteiger partial charge >= 0.3 is 0 Å². The minimum Gasteiger partial charge on any atom is -0.316 e. The van der Waals surface area contributed by atoms with Crippen molar-refractivity contribution in [3.8, 4) is 0 Å². The monoisotopic (exact) mass is 249 g/mol. The van der Waals surface area contributed by atoms with Crippen LogP contribution in [0.4, 0.5) is 4.39 Å². The molecule has 0 radical (unpaired) electrons. The van der Waals surface area contributed by atoms with Crippen molar-refractivity contribution >= 4 is 0 Å². The van der Waals surface area contributed by atoms with Crippen molar-refractivity contribution in [3.05, 3.63) is 34.6 Å². The fourth-order valence-corrected chi connectivity index (χ4v) is 3.49. The first-order chi connectivity index (χ1) is 8.43. The molecule has 1 aliphatic rings. The van der Waals surface area contributed by atoms with Crippen LogP contribution < -0.4 is 5.32 Å². The Bertz CT molecular complexity index is 431. The van der Waals surface area contributed by atoms with E-state index < -0.39 is 0 Å². The maximum absolute atomic E-state index is 13.7. The van der Waals surface area contributed by atoms with Crippen molar-refractivity contribution in [3.63, 3.8) is 0 Å². The Morgan fingerprint density at radius 1 is 1.33 bits per heavy atom. The molecule has 0 heterocycles. The molecule has 0 aromatic heterocycles. The Morgan fingerprint density at radius 2 is 1.89 bits per heavy atom. The lowest BCUT2D eigenvalue weighted by molar-refractivity contribution is 0.0494. The summed E-state index contributed by atoms with van der Waals surface area (Å²) in [7, 11) is 2.04. The molecular formula is C16H24FN. The number of nitrogens with one attached hydrogen (secondary N) is 1. The maximum Gasteiger partial charge on any atom is 0.129 e. The van der Waals surface area contributed by atoms with Gasteiger partial charge in [-0.2, -0.15) is 0 Å². The molecule has 1 aromatic carbocycles. The SMILES string of the molecule is CCC1(C)C(NC)CC1c1cc(C)c(F)c(C)c1. The smallest absolute Gasteiger partial charge is 0.129 e. The molecule has 3 unspecified atom stereocenters. The van der Waals surface area contributed by atoms with Crippen molar-refractivity contribution in [1.82, 2.24) is 5.32 Å². The van der Waals surface area contributed by atoms with Gasteiger partial charge in [0.2, 0.25) is 0 Å². The quantitative estimate of drug-likeness (QED) is 0.855. The van der Waals surface area contributed by atoms with Crippen molar-refractivity contribution in [2.24, 2.45) is 5.41 Å². The predicted molar refractivity (Wildman–Crippen MR) is 74.5 cm³/mol. The molecule has 0 saturated heterocycles. The summed E-state index contributed by atoms with van der Waals surface area (Å²) in [4.78, 5) is 0. The first-order valence-corrected chi connectivity index (χ1v) is 6.88. The maximum atomic E-state index is 13.7. The Morgan fingerprint density at radius 3 is 2.33 bits per heavy atom. The number of hydrogen-bond donors (Lipinski definition) is 1. The van der Waals surface area contributed by atoms with Crippen LogP contribution in [0.2, 0.25) is 0 Å². The van der Waals surface area contributed by atoms with Gasteiger partial charge in [0.25, 0.3) is 0 Å². The zero-order chi connectivity index (χ0) is 13.5. The van der Waals surface area contributed by atoms with Crippen molar-refractivity contribution in [1.29, 1.82) is 0 Å². The Kier molecular flexibility index (Phi) is 3.50. The van der Waals surface area contributed by atoms with E-state index in [0.29, 0.717) is 17.4 Å². The molecular weight excluding hydrogens is 225 g/mol. The van der Waals surface area contributed by atoms with Gasteiger partial charge in [0.1, 0.15) is 5.82 Å². The van der Waals surface area contributed by atoms with Gasteiger partial charge in [-0.3, -0.25) is 0 Å². The third-order valence-electron chi connectivity index (χ3n) is 5.03. The standard InChI is InChI=1S/C16H24FN/c1-6-16(4)13(9-14(16)18-5)12-7-10(2)15(17)11(3)8-12/h7-8,13-14,18H,6,9H2,1-5H3. The highest BCUT2D eigenvalue weighted by Gasteiger charge is 2.50. The van der Waals surface area contributed by atoms with E-state index in [0.717, 1.165) is 24.0 Å². The van der Waals surface area contributed by atoms with Gasteiger partial charge in [-0.25, -0.2) is 4.39 Å². The number of hydrogen-bond acceptors (Lipinski definition) is 1. The van der Waals surface area contributed by atoms with Gasteiger partial charge < -0.3 is 5.32 Å². The van der Waals surface area contributed by atoms with Crippen molar-refractivity contribution in [2.45, 2.75) is 52.5 Å². The van der Waals surface area contributed by atoms with Gasteiger partial charge in [0.05, 0.1) is 0 Å². The van der Waals surface area contributed by atoms with Gasteiger partial charge in [-0.1, -0.05) is 26.0 Å². The molecule has 0 bridgehead atoms. The molecule has 1 fully saturated rings. The van der Waals surface area contributed by atoms with Crippen LogP contribution in [0.1, 0.15) is 49.3 Å². The topological polar surface area (TPSA) is 12.0 Å². The third-order valence-corrected chi connectivity index (χ3v) is 5.03. The first kappa shape index (κ1) is 13.5. The first-order valence-electron chi connectivity index (χ1n) is 6.88. The molecule has 0 spiro atoms. The summed E-state index contributed by atoms with van der Waals surface area (Å²) in [5.74, 6) is 0.499. The molecule has 1 aliphatic carbocycles. The highest BCUT2D eigenvalue weighted by molar-refractivity contribution is 5.36. The normalized spacial score (nSPS) is 31.2. The second-order valence-electron chi connectivity index (χ2n) is 5.96. The molecule has 0 amide bonds. The number of benzene rings is 1. The summed E-state index contributed by atoms with van der Waals surface area (Å²) in [6, 6.07) is 4.65. The van der Waals surface area contributed by atoms with E-state index in [1.165, 1.54) is 5.56 Å². The van der Waals surface area contributed by atoms with Gasteiger partial charge in [0, 0.05) is 6.04 Å². The molecule has 2 rings (SSSR count). The van der Waals surface area contributed by atoms with Crippen LogP contribution in [-0.4, -0.2) is 13.1 Å². The molecule has 100 valence electrons. The Labute approximate surface area is 110 Å². The van der Waals surface area contributed by atoms with E-state index in [-0.39, 0.29) is 5.82 Å². The van der Waals surface area contributed by atoms with E-state index >= 15 is 0 Å². The number of aryl methyl sites for hydroxylation is 2. The summed E-state index contributed by atoms with van der Waals surface area (Å²) in [5.41, 5.74) is 3.15. The van der Waals surface area contributed by atoms with Gasteiger partial charge in [0.15, 0.2) is 0 Å². The highest BCUT2D eigenvalue weighted by Crippen LogP contribution is 2.55. The average Bonchev–Trinajstić information content (AvgIpc) is 2.34. The summed E-state index contributed by atoms with van der Waals surface area (Å²) >= 11 is 0. The minimum absolute atomic E-state index is 0.0542. The van der Waals surface area contributed by atoms with E-state index in [1.807, 2.05) is 33.0 Å². The van der Waals surface area contributed by atoms with E-state index in [2.05, 4.69) is 19.2 Å². The fourth-order valence-electron chi connectivity index (χ4n) is 3.49. The van der Waals surface area contributed by atoms with Gasteiger partial charge in [-0.15, -0.1) is 0 Å². The fraction of sp³-hybridized carbons (Fsp3) is 0.625. The molecule has 2 heteroatoms. The largest absolute Gasteiger partial charge is 0.316 e. The average molecular weight is 249 g/mol. The lowest BCUT2D eigenvalue weighted by atomic mass is 9.54. The second-order valence-corrected chi connectivity index (χ2v) is 5.96. The van der Waals surface area contributed by atoms with E-state index in [9.17, 15) is 4.39 Å². The van der Waals surface area contributed by atoms with Crippen LogP contribution >= 0.6 is 0 Å². The highest BCUT2D eigenvalue weighted by atomic mass is 19.1. The summed E-state index contributed by atoms with van der Waals surface area (Å²) in [5, 5.41) is 3.41. The summed E-state index contributed by atoms with van der Waals surface area (Å²) in [6.07, 6.45) is 2.31. The molecule has 0 aliphatic heterocycles. The molecule has 1 N–H and O–H groups in total. The zero-order valence-electron chi connectivity index (χ0n) is 12.1.